The molecule has 0 spiro atoms. The zero-order chi connectivity index (χ0) is 14.5. The quantitative estimate of drug-likeness (QED) is 0.775. The maximum Gasteiger partial charge on any atom is 0.303 e. The third-order valence-electron chi connectivity index (χ3n) is 2.97. The highest BCUT2D eigenvalue weighted by molar-refractivity contribution is 5.87. The van der Waals surface area contributed by atoms with E-state index in [-0.39, 0.29) is 18.1 Å². The van der Waals surface area contributed by atoms with Crippen molar-refractivity contribution in [3.05, 3.63) is 35.6 Å². The van der Waals surface area contributed by atoms with E-state index in [1.807, 2.05) is 0 Å². The van der Waals surface area contributed by atoms with E-state index in [0.29, 0.717) is 18.5 Å². The first-order chi connectivity index (χ1) is 8.84. The summed E-state index contributed by atoms with van der Waals surface area (Å²) in [5.41, 5.74) is -0.270. The summed E-state index contributed by atoms with van der Waals surface area (Å²) < 4.78 is 13.2. The van der Waals surface area contributed by atoms with Crippen LogP contribution in [0, 0.1) is 5.82 Å². The predicted octanol–water partition coefficient (Wildman–Crippen LogP) is 2.08. The summed E-state index contributed by atoms with van der Waals surface area (Å²) in [6.45, 7) is 3.70. The average Bonchev–Trinajstić information content (AvgIpc) is 2.34. The summed E-state index contributed by atoms with van der Waals surface area (Å²) in [5, 5.41) is 11.2. The second-order valence-electron chi connectivity index (χ2n) is 4.89. The van der Waals surface area contributed by atoms with Gasteiger partial charge in [-0.2, -0.15) is 0 Å². The van der Waals surface area contributed by atoms with Gasteiger partial charge >= 0.3 is 5.97 Å². The summed E-state index contributed by atoms with van der Waals surface area (Å²) >= 11 is 0. The number of hydrogen-bond donors (Lipinski definition) is 2. The number of carboxylic acids is 1. The topological polar surface area (TPSA) is 66.4 Å². The number of carbonyl (C=O) groups is 2. The summed E-state index contributed by atoms with van der Waals surface area (Å²) in [4.78, 5) is 22.4. The number of carboxylic acid groups (broad SMARTS) is 1. The van der Waals surface area contributed by atoms with Gasteiger partial charge in [-0.05, 0) is 38.0 Å². The van der Waals surface area contributed by atoms with Gasteiger partial charge in [0.15, 0.2) is 0 Å². The number of hydrogen-bond acceptors (Lipinski definition) is 2. The first-order valence-corrected chi connectivity index (χ1v) is 6.10. The van der Waals surface area contributed by atoms with Crippen LogP contribution in [0.25, 0.3) is 0 Å². The standard InChI is InChI=1S/C14H18FNO3/c1-14(2,10-5-3-6-11(15)9-10)13(19)16-8-4-7-12(17)18/h3,5-6,9H,4,7-8H2,1-2H3,(H,16,19)(H,17,18). The number of halogens is 1. The molecule has 0 saturated heterocycles. The van der Waals surface area contributed by atoms with E-state index in [1.165, 1.54) is 12.1 Å². The lowest BCUT2D eigenvalue weighted by atomic mass is 9.83. The van der Waals surface area contributed by atoms with Gasteiger partial charge in [0.1, 0.15) is 5.82 Å². The molecule has 1 rings (SSSR count). The van der Waals surface area contributed by atoms with Crippen LogP contribution in [0.5, 0.6) is 0 Å². The molecule has 5 heteroatoms. The van der Waals surface area contributed by atoms with Gasteiger partial charge in [-0.1, -0.05) is 12.1 Å². The van der Waals surface area contributed by atoms with E-state index in [0.717, 1.165) is 0 Å². The highest BCUT2D eigenvalue weighted by atomic mass is 19.1. The Kier molecular flexibility index (Phi) is 5.03. The predicted molar refractivity (Wildman–Crippen MR) is 69.3 cm³/mol. The van der Waals surface area contributed by atoms with E-state index in [1.54, 1.807) is 26.0 Å². The zero-order valence-electron chi connectivity index (χ0n) is 11.1. The number of amides is 1. The van der Waals surface area contributed by atoms with E-state index in [2.05, 4.69) is 5.32 Å². The molecule has 1 aromatic carbocycles. The molecular weight excluding hydrogens is 249 g/mol. The Morgan fingerprint density at radius 3 is 2.63 bits per heavy atom. The fraction of sp³-hybridized carbons (Fsp3) is 0.429. The number of carbonyl (C=O) groups excluding carboxylic acids is 1. The van der Waals surface area contributed by atoms with Crippen molar-refractivity contribution in [2.24, 2.45) is 0 Å². The number of nitrogens with one attached hydrogen (secondary N) is 1. The molecule has 0 aliphatic heterocycles. The first kappa shape index (κ1) is 15.1. The fourth-order valence-corrected chi connectivity index (χ4v) is 1.67. The molecule has 4 nitrogen and oxygen atoms in total. The van der Waals surface area contributed by atoms with Crippen molar-refractivity contribution < 1.29 is 19.1 Å². The van der Waals surface area contributed by atoms with Crippen LogP contribution < -0.4 is 5.32 Å². The SMILES string of the molecule is CC(C)(C(=O)NCCCC(=O)O)c1cccc(F)c1. The Morgan fingerprint density at radius 1 is 1.37 bits per heavy atom. The Balaban J connectivity index is 2.61. The molecule has 1 amide bonds. The molecule has 2 N–H and O–H groups in total. The summed E-state index contributed by atoms with van der Waals surface area (Å²) in [5.74, 6) is -1.52. The van der Waals surface area contributed by atoms with Gasteiger partial charge in [-0.15, -0.1) is 0 Å². The van der Waals surface area contributed by atoms with Crippen LogP contribution in [0.4, 0.5) is 4.39 Å². The smallest absolute Gasteiger partial charge is 0.303 e. The molecule has 0 fully saturated rings. The Bertz CT molecular complexity index is 472. The van der Waals surface area contributed by atoms with Crippen molar-refractivity contribution in [3.8, 4) is 0 Å². The molecule has 0 atom stereocenters. The molecule has 1 aromatic rings. The Labute approximate surface area is 111 Å². The first-order valence-electron chi connectivity index (χ1n) is 6.10. The van der Waals surface area contributed by atoms with E-state index in [4.69, 9.17) is 5.11 Å². The average molecular weight is 267 g/mol. The van der Waals surface area contributed by atoms with Crippen LogP contribution in [-0.2, 0) is 15.0 Å². The minimum Gasteiger partial charge on any atom is -0.481 e. The molecule has 0 aliphatic rings. The highest BCUT2D eigenvalue weighted by Crippen LogP contribution is 2.23. The highest BCUT2D eigenvalue weighted by Gasteiger charge is 2.29. The Hall–Kier alpha value is -1.91. The summed E-state index contributed by atoms with van der Waals surface area (Å²) in [6.07, 6.45) is 0.390. The largest absolute Gasteiger partial charge is 0.481 e. The molecule has 104 valence electrons. The maximum atomic E-state index is 13.2. The lowest BCUT2D eigenvalue weighted by molar-refractivity contribution is -0.137. The maximum absolute atomic E-state index is 13.2. The van der Waals surface area contributed by atoms with Crippen molar-refractivity contribution >= 4 is 11.9 Å². The molecule has 0 bridgehead atoms. The van der Waals surface area contributed by atoms with Crippen LogP contribution in [0.15, 0.2) is 24.3 Å². The van der Waals surface area contributed by atoms with Gasteiger partial charge in [-0.3, -0.25) is 9.59 Å². The van der Waals surface area contributed by atoms with Crippen molar-refractivity contribution in [1.82, 2.24) is 5.32 Å². The van der Waals surface area contributed by atoms with Gasteiger partial charge < -0.3 is 10.4 Å². The molecule has 19 heavy (non-hydrogen) atoms. The number of benzene rings is 1. The third-order valence-corrected chi connectivity index (χ3v) is 2.97. The van der Waals surface area contributed by atoms with Crippen LogP contribution in [0.2, 0.25) is 0 Å². The normalized spacial score (nSPS) is 11.1. The van der Waals surface area contributed by atoms with Gasteiger partial charge in [0, 0.05) is 13.0 Å². The summed E-state index contributed by atoms with van der Waals surface area (Å²) in [6, 6.07) is 5.91. The summed E-state index contributed by atoms with van der Waals surface area (Å²) in [7, 11) is 0. The van der Waals surface area contributed by atoms with Crippen molar-refractivity contribution in [2.75, 3.05) is 6.54 Å². The van der Waals surface area contributed by atoms with Gasteiger partial charge in [-0.25, -0.2) is 4.39 Å². The van der Waals surface area contributed by atoms with Crippen LogP contribution >= 0.6 is 0 Å². The zero-order valence-corrected chi connectivity index (χ0v) is 11.1. The lowest BCUT2D eigenvalue weighted by Gasteiger charge is -2.24. The van der Waals surface area contributed by atoms with Crippen LogP contribution in [-0.4, -0.2) is 23.5 Å². The second-order valence-corrected chi connectivity index (χ2v) is 4.89. The Morgan fingerprint density at radius 2 is 2.05 bits per heavy atom. The monoisotopic (exact) mass is 267 g/mol. The van der Waals surface area contributed by atoms with Crippen LogP contribution in [0.1, 0.15) is 32.3 Å². The lowest BCUT2D eigenvalue weighted by Crippen LogP contribution is -2.40. The van der Waals surface area contributed by atoms with Crippen molar-refractivity contribution in [1.29, 1.82) is 0 Å². The van der Waals surface area contributed by atoms with Crippen molar-refractivity contribution in [3.63, 3.8) is 0 Å². The van der Waals surface area contributed by atoms with E-state index < -0.39 is 11.4 Å². The molecule has 0 heterocycles. The minimum atomic E-state index is -0.890. The molecule has 0 aliphatic carbocycles. The number of aliphatic carboxylic acids is 1. The van der Waals surface area contributed by atoms with Crippen molar-refractivity contribution in [2.45, 2.75) is 32.1 Å². The molecule has 0 saturated carbocycles. The minimum absolute atomic E-state index is 0.0146. The number of rotatable bonds is 6. The molecular formula is C14H18FNO3. The van der Waals surface area contributed by atoms with Gasteiger partial charge in [0.25, 0.3) is 0 Å². The molecule has 0 radical (unpaired) electrons. The van der Waals surface area contributed by atoms with Gasteiger partial charge in [0.05, 0.1) is 5.41 Å². The van der Waals surface area contributed by atoms with E-state index >= 15 is 0 Å². The third kappa shape index (κ3) is 4.35. The van der Waals surface area contributed by atoms with Crippen LogP contribution in [0.3, 0.4) is 0 Å². The fourth-order valence-electron chi connectivity index (χ4n) is 1.67. The molecule has 0 aromatic heterocycles. The van der Waals surface area contributed by atoms with Gasteiger partial charge in [0.2, 0.25) is 5.91 Å². The molecule has 0 unspecified atom stereocenters. The van der Waals surface area contributed by atoms with E-state index in [9.17, 15) is 14.0 Å². The second kappa shape index (κ2) is 6.31.